The molecule has 42 valence electrons. The zero-order valence-corrected chi connectivity index (χ0v) is 7.26. The number of hydrogen-bond acceptors (Lipinski definition) is 0. The number of hydrogen-bond donors (Lipinski definition) is 0. The Kier molecular flexibility index (Phi) is 3.39. The van der Waals surface area contributed by atoms with E-state index in [2.05, 4.69) is 20.8 Å². The lowest BCUT2D eigenvalue weighted by molar-refractivity contribution is 1.34. The van der Waals surface area contributed by atoms with Crippen molar-refractivity contribution in [1.82, 2.24) is 0 Å². The average molecular weight is 135 g/mol. The molecule has 0 fully saturated rings. The fraction of sp³-hybridized carbons (Fsp3) is 0.600. The Morgan fingerprint density at radius 1 is 1.29 bits per heavy atom. The van der Waals surface area contributed by atoms with Crippen LogP contribution in [0.1, 0.15) is 20.8 Å². The van der Waals surface area contributed by atoms with Crippen molar-refractivity contribution < 1.29 is 0 Å². The van der Waals surface area contributed by atoms with Gasteiger partial charge in [0.25, 0.3) is 0 Å². The van der Waals surface area contributed by atoms with Crippen molar-refractivity contribution in [3.63, 3.8) is 0 Å². The zero-order valence-electron chi connectivity index (χ0n) is 5.09. The molecule has 0 aromatic rings. The molecule has 0 aliphatic rings. The van der Waals surface area contributed by atoms with Crippen LogP contribution in [0.4, 0.5) is 0 Å². The van der Waals surface area contributed by atoms with E-state index in [1.54, 1.807) is 0 Å². The van der Waals surface area contributed by atoms with E-state index in [0.717, 1.165) is 0 Å². The van der Waals surface area contributed by atoms with Gasteiger partial charge in [-0.1, -0.05) is 10.8 Å². The SMILES string of the molecule is CC(C)=C(C)[SiH2]Cl. The van der Waals surface area contributed by atoms with Crippen LogP contribution < -0.4 is 0 Å². The van der Waals surface area contributed by atoms with Crippen LogP contribution in [0.15, 0.2) is 10.8 Å². The number of rotatable bonds is 1. The van der Waals surface area contributed by atoms with Gasteiger partial charge < -0.3 is 0 Å². The summed E-state index contributed by atoms with van der Waals surface area (Å²) in [7, 11) is -0.357. The molecule has 2 heteroatoms. The Balaban J connectivity index is 3.72. The minimum atomic E-state index is -0.357. The van der Waals surface area contributed by atoms with E-state index >= 15 is 0 Å². The van der Waals surface area contributed by atoms with Crippen molar-refractivity contribution in [2.45, 2.75) is 20.8 Å². The maximum Gasteiger partial charge on any atom is 0.151 e. The smallest absolute Gasteiger partial charge is 0.151 e. The lowest BCUT2D eigenvalue weighted by Gasteiger charge is -1.92. The number of halogens is 1. The van der Waals surface area contributed by atoms with Crippen molar-refractivity contribution in [2.24, 2.45) is 0 Å². The van der Waals surface area contributed by atoms with Crippen molar-refractivity contribution in [3.8, 4) is 0 Å². The largest absolute Gasteiger partial charge is 0.170 e. The number of allylic oxidation sites excluding steroid dienone is 2. The minimum absolute atomic E-state index is 0.357. The highest BCUT2D eigenvalue weighted by Gasteiger charge is 1.85. The van der Waals surface area contributed by atoms with E-state index in [-0.39, 0.29) is 8.83 Å². The predicted octanol–water partition coefficient (Wildman–Crippen LogP) is 1.62. The van der Waals surface area contributed by atoms with Gasteiger partial charge in [0, 0.05) is 0 Å². The van der Waals surface area contributed by atoms with Crippen LogP contribution in [0.5, 0.6) is 0 Å². The molecule has 0 heterocycles. The summed E-state index contributed by atoms with van der Waals surface area (Å²) in [4.78, 5) is 0. The maximum absolute atomic E-state index is 5.63. The molecule has 0 bridgehead atoms. The van der Waals surface area contributed by atoms with Gasteiger partial charge in [0.15, 0.2) is 8.83 Å². The second kappa shape index (κ2) is 3.27. The van der Waals surface area contributed by atoms with E-state index < -0.39 is 0 Å². The van der Waals surface area contributed by atoms with Crippen LogP contribution in [0.3, 0.4) is 0 Å². The van der Waals surface area contributed by atoms with Crippen LogP contribution in [-0.4, -0.2) is 8.83 Å². The van der Waals surface area contributed by atoms with Gasteiger partial charge >= 0.3 is 0 Å². The molecule has 0 radical (unpaired) electrons. The van der Waals surface area contributed by atoms with E-state index in [0.29, 0.717) is 0 Å². The maximum atomic E-state index is 5.63. The first kappa shape index (κ1) is 7.25. The molecule has 0 nitrogen and oxygen atoms in total. The van der Waals surface area contributed by atoms with Gasteiger partial charge in [-0.05, 0) is 20.8 Å². The topological polar surface area (TPSA) is 0 Å². The van der Waals surface area contributed by atoms with Crippen molar-refractivity contribution in [3.05, 3.63) is 10.8 Å². The highest BCUT2D eigenvalue weighted by molar-refractivity contribution is 6.97. The summed E-state index contributed by atoms with van der Waals surface area (Å²) < 4.78 is 0. The van der Waals surface area contributed by atoms with Gasteiger partial charge in [0.2, 0.25) is 0 Å². The summed E-state index contributed by atoms with van der Waals surface area (Å²) in [5.41, 5.74) is 1.39. The molecule has 0 unspecified atom stereocenters. The fourth-order valence-corrected chi connectivity index (χ4v) is 1.20. The quantitative estimate of drug-likeness (QED) is 0.378. The predicted molar refractivity (Wildman–Crippen MR) is 38.4 cm³/mol. The van der Waals surface area contributed by atoms with Gasteiger partial charge in [-0.25, -0.2) is 0 Å². The standard InChI is InChI=1S/C5H11ClSi/c1-4(2)5(3)7-6/h7H2,1-3H3. The second-order valence-corrected chi connectivity index (χ2v) is 4.04. The molecule has 0 saturated heterocycles. The summed E-state index contributed by atoms with van der Waals surface area (Å²) in [6.45, 7) is 6.31. The molecule has 0 saturated carbocycles. The highest BCUT2D eigenvalue weighted by atomic mass is 35.6. The van der Waals surface area contributed by atoms with Crippen LogP contribution in [-0.2, 0) is 0 Å². The summed E-state index contributed by atoms with van der Waals surface area (Å²) >= 11 is 5.63. The molecule has 0 aliphatic carbocycles. The first-order valence-corrected chi connectivity index (χ1v) is 5.22. The Morgan fingerprint density at radius 2 is 1.71 bits per heavy atom. The van der Waals surface area contributed by atoms with Crippen LogP contribution in [0.25, 0.3) is 0 Å². The molecular formula is C5H11ClSi. The van der Waals surface area contributed by atoms with Crippen molar-refractivity contribution in [2.75, 3.05) is 0 Å². The average Bonchev–Trinajstić information content (AvgIpc) is 1.65. The van der Waals surface area contributed by atoms with E-state index in [1.807, 2.05) is 0 Å². The van der Waals surface area contributed by atoms with Crippen molar-refractivity contribution >= 4 is 19.9 Å². The molecule has 0 aliphatic heterocycles. The monoisotopic (exact) mass is 134 g/mol. The summed E-state index contributed by atoms with van der Waals surface area (Å²) in [6.07, 6.45) is 0. The first-order valence-electron chi connectivity index (χ1n) is 2.37. The van der Waals surface area contributed by atoms with E-state index in [9.17, 15) is 0 Å². The molecule has 0 spiro atoms. The third-order valence-corrected chi connectivity index (χ3v) is 3.36. The molecule has 0 rings (SSSR count). The third kappa shape index (κ3) is 2.89. The summed E-state index contributed by atoms with van der Waals surface area (Å²) in [5.74, 6) is 0. The molecule has 0 amide bonds. The van der Waals surface area contributed by atoms with E-state index in [4.69, 9.17) is 11.1 Å². The molecule has 0 aromatic carbocycles. The molecule has 0 atom stereocenters. The lowest BCUT2D eigenvalue weighted by Crippen LogP contribution is -1.82. The van der Waals surface area contributed by atoms with Gasteiger partial charge in [-0.2, -0.15) is 11.1 Å². The Hall–Kier alpha value is 0.247. The lowest BCUT2D eigenvalue weighted by atomic mass is 10.3. The van der Waals surface area contributed by atoms with Gasteiger partial charge in [0.1, 0.15) is 0 Å². The normalized spacial score (nSPS) is 10.3. The van der Waals surface area contributed by atoms with Crippen LogP contribution in [0.2, 0.25) is 0 Å². The molecule has 0 aromatic heterocycles. The van der Waals surface area contributed by atoms with E-state index in [1.165, 1.54) is 10.8 Å². The zero-order chi connectivity index (χ0) is 5.86. The van der Waals surface area contributed by atoms with Crippen molar-refractivity contribution in [1.29, 1.82) is 0 Å². The second-order valence-electron chi connectivity index (χ2n) is 1.91. The van der Waals surface area contributed by atoms with Gasteiger partial charge in [-0.3, -0.25) is 0 Å². The van der Waals surface area contributed by atoms with Crippen LogP contribution >= 0.6 is 11.1 Å². The minimum Gasteiger partial charge on any atom is -0.170 e. The molecule has 7 heavy (non-hydrogen) atoms. The summed E-state index contributed by atoms with van der Waals surface area (Å²) in [5, 5.41) is 1.42. The first-order chi connectivity index (χ1) is 3.18. The summed E-state index contributed by atoms with van der Waals surface area (Å²) in [6, 6.07) is 0. The molecule has 0 N–H and O–H groups in total. The van der Waals surface area contributed by atoms with Gasteiger partial charge in [0.05, 0.1) is 0 Å². The Bertz CT molecular complexity index is 82.1. The highest BCUT2D eigenvalue weighted by Crippen LogP contribution is 1.99. The third-order valence-electron chi connectivity index (χ3n) is 1.05. The van der Waals surface area contributed by atoms with Crippen LogP contribution in [0, 0.1) is 0 Å². The Morgan fingerprint density at radius 3 is 1.71 bits per heavy atom. The molecular weight excluding hydrogens is 124 g/mol. The Labute approximate surface area is 52.1 Å². The fourth-order valence-electron chi connectivity index (χ4n) is 0.134. The van der Waals surface area contributed by atoms with Gasteiger partial charge in [-0.15, -0.1) is 0 Å².